The third-order valence-electron chi connectivity index (χ3n) is 2.81. The maximum absolute atomic E-state index is 13.0. The lowest BCUT2D eigenvalue weighted by Gasteiger charge is -2.14. The average Bonchev–Trinajstić information content (AvgIpc) is 2.94. The number of aromatic nitrogens is 1. The Balaban J connectivity index is 1.96. The van der Waals surface area contributed by atoms with Crippen LogP contribution in [0.25, 0.3) is 10.6 Å². The highest BCUT2D eigenvalue weighted by Crippen LogP contribution is 2.26. The number of carbonyl (C=O) groups excluding carboxylic acids is 1. The van der Waals surface area contributed by atoms with E-state index >= 15 is 0 Å². The number of amides is 1. The van der Waals surface area contributed by atoms with Crippen molar-refractivity contribution in [3.8, 4) is 10.6 Å². The van der Waals surface area contributed by atoms with Crippen LogP contribution in [-0.2, 0) is 11.2 Å². The van der Waals surface area contributed by atoms with E-state index in [1.165, 1.54) is 11.3 Å². The number of hydrogen-bond acceptors (Lipinski definition) is 4. The fraction of sp³-hybridized carbons (Fsp3) is 0.286. The SMILES string of the molecule is NCC(F)(F)CNC(=O)Cc1csc(-c2cccc(Br)c2)n1. The standard InChI is InChI=1S/C14H14BrF2N3OS/c15-10-3-1-2-9(4-10)13-20-11(6-22-13)5-12(21)19-8-14(16,17)7-18/h1-4,6H,5,7-8,18H2,(H,19,21). The molecule has 2 aromatic rings. The van der Waals surface area contributed by atoms with Crippen LogP contribution in [0.1, 0.15) is 5.69 Å². The van der Waals surface area contributed by atoms with Gasteiger partial charge in [0.1, 0.15) is 5.01 Å². The Morgan fingerprint density at radius 1 is 1.45 bits per heavy atom. The fourth-order valence-corrected chi connectivity index (χ4v) is 2.89. The molecule has 0 unspecified atom stereocenters. The van der Waals surface area contributed by atoms with E-state index in [0.29, 0.717) is 5.69 Å². The zero-order valence-electron chi connectivity index (χ0n) is 11.5. The molecular weight excluding hydrogens is 376 g/mol. The second kappa shape index (κ2) is 7.26. The summed E-state index contributed by atoms with van der Waals surface area (Å²) in [5.74, 6) is -3.58. The number of alkyl halides is 2. The molecule has 0 atom stereocenters. The highest BCUT2D eigenvalue weighted by molar-refractivity contribution is 9.10. The van der Waals surface area contributed by atoms with Gasteiger partial charge in [-0.1, -0.05) is 28.1 Å². The van der Waals surface area contributed by atoms with Gasteiger partial charge in [-0.3, -0.25) is 4.79 Å². The molecule has 1 aromatic heterocycles. The van der Waals surface area contributed by atoms with Crippen molar-refractivity contribution >= 4 is 33.2 Å². The molecule has 1 heterocycles. The number of halogens is 3. The fourth-order valence-electron chi connectivity index (χ4n) is 1.67. The summed E-state index contributed by atoms with van der Waals surface area (Å²) in [6.07, 6.45) is -0.0366. The minimum absolute atomic E-state index is 0.0366. The van der Waals surface area contributed by atoms with Gasteiger partial charge in [0.15, 0.2) is 0 Å². The second-order valence-corrected chi connectivity index (χ2v) is 6.44. The van der Waals surface area contributed by atoms with Gasteiger partial charge in [-0.25, -0.2) is 13.8 Å². The number of carbonyl (C=O) groups is 1. The molecule has 0 aliphatic heterocycles. The van der Waals surface area contributed by atoms with Crippen molar-refractivity contribution in [1.82, 2.24) is 10.3 Å². The largest absolute Gasteiger partial charge is 0.350 e. The van der Waals surface area contributed by atoms with Crippen LogP contribution in [0.5, 0.6) is 0 Å². The van der Waals surface area contributed by atoms with Gasteiger partial charge in [-0.05, 0) is 12.1 Å². The van der Waals surface area contributed by atoms with Gasteiger partial charge in [-0.15, -0.1) is 11.3 Å². The summed E-state index contributed by atoms with van der Waals surface area (Å²) in [5.41, 5.74) is 6.39. The molecule has 0 radical (unpaired) electrons. The molecule has 118 valence electrons. The molecule has 0 fully saturated rings. The normalized spacial score (nSPS) is 11.5. The molecule has 1 aromatic carbocycles. The summed E-state index contributed by atoms with van der Waals surface area (Å²) in [6, 6.07) is 7.63. The molecule has 0 saturated carbocycles. The lowest BCUT2D eigenvalue weighted by molar-refractivity contribution is -0.122. The van der Waals surface area contributed by atoms with Crippen molar-refractivity contribution in [3.05, 3.63) is 39.8 Å². The summed E-state index contributed by atoms with van der Waals surface area (Å²) < 4.78 is 26.8. The molecule has 0 bridgehead atoms. The van der Waals surface area contributed by atoms with E-state index in [4.69, 9.17) is 5.73 Å². The van der Waals surface area contributed by atoms with E-state index in [1.807, 2.05) is 24.3 Å². The summed E-state index contributed by atoms with van der Waals surface area (Å²) in [6.45, 7) is -1.55. The van der Waals surface area contributed by atoms with Crippen molar-refractivity contribution in [2.75, 3.05) is 13.1 Å². The first-order valence-corrected chi connectivity index (χ1v) is 8.12. The highest BCUT2D eigenvalue weighted by atomic mass is 79.9. The molecule has 0 aliphatic rings. The van der Waals surface area contributed by atoms with Gasteiger partial charge >= 0.3 is 0 Å². The zero-order valence-corrected chi connectivity index (χ0v) is 13.9. The van der Waals surface area contributed by atoms with Gasteiger partial charge in [0.2, 0.25) is 5.91 Å². The number of benzene rings is 1. The van der Waals surface area contributed by atoms with Gasteiger partial charge in [0.25, 0.3) is 5.92 Å². The summed E-state index contributed by atoms with van der Waals surface area (Å²) in [5, 5.41) is 4.69. The van der Waals surface area contributed by atoms with E-state index in [-0.39, 0.29) is 6.42 Å². The lowest BCUT2D eigenvalue weighted by atomic mass is 10.2. The number of nitrogens with zero attached hydrogens (tertiary/aromatic N) is 1. The molecule has 2 rings (SSSR count). The van der Waals surface area contributed by atoms with Crippen molar-refractivity contribution in [2.45, 2.75) is 12.3 Å². The maximum atomic E-state index is 13.0. The van der Waals surface area contributed by atoms with Crippen LogP contribution in [0.4, 0.5) is 8.78 Å². The predicted molar refractivity (Wildman–Crippen MR) is 86.0 cm³/mol. The van der Waals surface area contributed by atoms with Crippen LogP contribution >= 0.6 is 27.3 Å². The highest BCUT2D eigenvalue weighted by Gasteiger charge is 2.27. The number of nitrogens with one attached hydrogen (secondary N) is 1. The molecule has 1 amide bonds. The summed E-state index contributed by atoms with van der Waals surface area (Å²) in [7, 11) is 0. The molecule has 8 heteroatoms. The van der Waals surface area contributed by atoms with E-state index in [0.717, 1.165) is 15.0 Å². The Labute approximate surface area is 138 Å². The Bertz CT molecular complexity index is 663. The van der Waals surface area contributed by atoms with E-state index in [9.17, 15) is 13.6 Å². The number of thiazole rings is 1. The average molecular weight is 390 g/mol. The van der Waals surface area contributed by atoms with Gasteiger partial charge < -0.3 is 11.1 Å². The molecule has 22 heavy (non-hydrogen) atoms. The van der Waals surface area contributed by atoms with Crippen LogP contribution in [-0.4, -0.2) is 29.9 Å². The van der Waals surface area contributed by atoms with Crippen LogP contribution in [0.2, 0.25) is 0 Å². The number of hydrogen-bond donors (Lipinski definition) is 2. The monoisotopic (exact) mass is 389 g/mol. The summed E-state index contributed by atoms with van der Waals surface area (Å²) in [4.78, 5) is 16.0. The van der Waals surface area contributed by atoms with Crippen LogP contribution in [0.3, 0.4) is 0 Å². The lowest BCUT2D eigenvalue weighted by Crippen LogP contribution is -2.42. The number of nitrogens with two attached hydrogens (primary N) is 1. The smallest absolute Gasteiger partial charge is 0.277 e. The first kappa shape index (κ1) is 17.0. The third-order valence-corrected chi connectivity index (χ3v) is 4.24. The second-order valence-electron chi connectivity index (χ2n) is 4.67. The minimum Gasteiger partial charge on any atom is -0.350 e. The first-order valence-electron chi connectivity index (χ1n) is 6.44. The molecule has 0 saturated heterocycles. The van der Waals surface area contributed by atoms with E-state index < -0.39 is 24.9 Å². The quantitative estimate of drug-likeness (QED) is 0.797. The first-order chi connectivity index (χ1) is 10.4. The maximum Gasteiger partial charge on any atom is 0.277 e. The van der Waals surface area contributed by atoms with Crippen molar-refractivity contribution in [1.29, 1.82) is 0 Å². The van der Waals surface area contributed by atoms with Gasteiger partial charge in [-0.2, -0.15) is 0 Å². The number of rotatable bonds is 6. The van der Waals surface area contributed by atoms with Crippen LogP contribution in [0, 0.1) is 0 Å². The Morgan fingerprint density at radius 2 is 2.23 bits per heavy atom. The minimum atomic E-state index is -3.08. The molecule has 0 aliphatic carbocycles. The predicted octanol–water partition coefficient (Wildman–Crippen LogP) is 2.83. The van der Waals surface area contributed by atoms with Gasteiger partial charge in [0, 0.05) is 15.4 Å². The molecule has 3 N–H and O–H groups in total. The van der Waals surface area contributed by atoms with Crippen molar-refractivity contribution in [3.63, 3.8) is 0 Å². The van der Waals surface area contributed by atoms with Crippen LogP contribution < -0.4 is 11.1 Å². The summed E-state index contributed by atoms with van der Waals surface area (Å²) >= 11 is 4.79. The Hall–Kier alpha value is -1.38. The molecule has 0 spiro atoms. The Morgan fingerprint density at radius 3 is 2.91 bits per heavy atom. The van der Waals surface area contributed by atoms with E-state index in [1.54, 1.807) is 5.38 Å². The zero-order chi connectivity index (χ0) is 16.2. The topological polar surface area (TPSA) is 68.0 Å². The van der Waals surface area contributed by atoms with Gasteiger partial charge in [0.05, 0.1) is 25.2 Å². The van der Waals surface area contributed by atoms with Crippen LogP contribution in [0.15, 0.2) is 34.1 Å². The molecular formula is C14H14BrF2N3OS. The van der Waals surface area contributed by atoms with Crippen molar-refractivity contribution < 1.29 is 13.6 Å². The Kier molecular flexibility index (Phi) is 5.60. The van der Waals surface area contributed by atoms with E-state index in [2.05, 4.69) is 26.2 Å². The van der Waals surface area contributed by atoms with Crippen molar-refractivity contribution in [2.24, 2.45) is 5.73 Å². The molecule has 4 nitrogen and oxygen atoms in total. The third kappa shape index (κ3) is 4.82.